The molecular weight excluding hydrogens is 356 g/mol. The van der Waals surface area contributed by atoms with Crippen molar-refractivity contribution in [1.82, 2.24) is 0 Å². The average molecular weight is 378 g/mol. The van der Waals surface area contributed by atoms with Crippen LogP contribution in [-0.4, -0.2) is 13.1 Å². The number of carbonyl (C=O) groups excluding carboxylic acids is 1. The molecule has 2 aromatic carbocycles. The second-order valence-electron chi connectivity index (χ2n) is 6.27. The second-order valence-corrected chi connectivity index (χ2v) is 7.35. The third-order valence-corrected chi connectivity index (χ3v) is 5.23. The lowest BCUT2D eigenvalue weighted by Gasteiger charge is -2.11. The minimum Gasteiger partial charge on any atom is -0.479 e. The van der Waals surface area contributed by atoms with E-state index in [-0.39, 0.29) is 5.97 Å². The van der Waals surface area contributed by atoms with E-state index in [1.807, 2.05) is 12.1 Å². The Morgan fingerprint density at radius 1 is 1.04 bits per heavy atom. The minimum atomic E-state index is -0.366. The SMILES string of the molecule is COC(=O)/C=C/c1ccc(OCc2cccc(-c3c(C)cccc3C)c2)s1. The summed E-state index contributed by atoms with van der Waals surface area (Å²) in [7, 11) is 1.36. The van der Waals surface area contributed by atoms with Gasteiger partial charge in [0.2, 0.25) is 0 Å². The molecule has 0 N–H and O–H groups in total. The maximum Gasteiger partial charge on any atom is 0.330 e. The van der Waals surface area contributed by atoms with Crippen molar-refractivity contribution in [3.8, 4) is 16.2 Å². The Morgan fingerprint density at radius 2 is 1.78 bits per heavy atom. The lowest BCUT2D eigenvalue weighted by molar-refractivity contribution is -0.134. The van der Waals surface area contributed by atoms with Crippen molar-refractivity contribution in [3.05, 3.63) is 82.2 Å². The molecule has 0 radical (unpaired) electrons. The fraction of sp³-hybridized carbons (Fsp3) is 0.174. The second kappa shape index (κ2) is 8.69. The van der Waals surface area contributed by atoms with E-state index >= 15 is 0 Å². The van der Waals surface area contributed by atoms with Crippen molar-refractivity contribution < 1.29 is 14.3 Å². The monoisotopic (exact) mass is 378 g/mol. The highest BCUT2D eigenvalue weighted by Gasteiger charge is 2.07. The number of aryl methyl sites for hydroxylation is 2. The molecule has 0 atom stereocenters. The van der Waals surface area contributed by atoms with E-state index in [1.165, 1.54) is 46.8 Å². The molecule has 3 rings (SSSR count). The van der Waals surface area contributed by atoms with Gasteiger partial charge in [0.25, 0.3) is 0 Å². The standard InChI is InChI=1S/C23H22O3S/c1-16-6-4-7-17(2)23(16)19-9-5-8-18(14-19)15-26-22-13-11-20(27-22)10-12-21(24)25-3/h4-14H,15H2,1-3H3/b12-10+. The molecule has 0 spiro atoms. The van der Waals surface area contributed by atoms with Crippen LogP contribution < -0.4 is 4.74 Å². The summed E-state index contributed by atoms with van der Waals surface area (Å²) < 4.78 is 10.5. The first-order valence-corrected chi connectivity index (χ1v) is 9.52. The van der Waals surface area contributed by atoms with E-state index in [4.69, 9.17) is 4.74 Å². The number of benzene rings is 2. The number of hydrogen-bond donors (Lipinski definition) is 0. The summed E-state index contributed by atoms with van der Waals surface area (Å²) in [6.07, 6.45) is 3.13. The van der Waals surface area contributed by atoms with Gasteiger partial charge in [0.15, 0.2) is 5.06 Å². The van der Waals surface area contributed by atoms with Crippen molar-refractivity contribution in [2.45, 2.75) is 20.5 Å². The molecule has 0 aliphatic rings. The third-order valence-electron chi connectivity index (χ3n) is 4.26. The van der Waals surface area contributed by atoms with Crippen LogP contribution in [0.4, 0.5) is 0 Å². The summed E-state index contributed by atoms with van der Waals surface area (Å²) in [4.78, 5) is 12.1. The van der Waals surface area contributed by atoms with Gasteiger partial charge in [0, 0.05) is 11.0 Å². The molecule has 27 heavy (non-hydrogen) atoms. The maximum absolute atomic E-state index is 11.2. The molecule has 0 unspecified atom stereocenters. The summed E-state index contributed by atoms with van der Waals surface area (Å²) in [6.45, 7) is 4.78. The zero-order valence-corrected chi connectivity index (χ0v) is 16.5. The van der Waals surface area contributed by atoms with Crippen molar-refractivity contribution in [1.29, 1.82) is 0 Å². The Hall–Kier alpha value is -2.85. The highest BCUT2D eigenvalue weighted by Crippen LogP contribution is 2.29. The summed E-state index contributed by atoms with van der Waals surface area (Å²) in [5.74, 6) is -0.366. The van der Waals surface area contributed by atoms with Gasteiger partial charge in [-0.2, -0.15) is 0 Å². The van der Waals surface area contributed by atoms with Crippen LogP contribution in [0.1, 0.15) is 21.6 Å². The van der Waals surface area contributed by atoms with E-state index in [2.05, 4.69) is 61.0 Å². The van der Waals surface area contributed by atoms with Crippen LogP contribution in [0.15, 0.2) is 60.7 Å². The number of methoxy groups -OCH3 is 1. The minimum absolute atomic E-state index is 0.366. The van der Waals surface area contributed by atoms with E-state index < -0.39 is 0 Å². The summed E-state index contributed by atoms with van der Waals surface area (Å²) in [5.41, 5.74) is 6.15. The summed E-state index contributed by atoms with van der Waals surface area (Å²) >= 11 is 1.49. The predicted octanol–water partition coefficient (Wildman–Crippen LogP) is 5.80. The van der Waals surface area contributed by atoms with Gasteiger partial charge in [-0.3, -0.25) is 0 Å². The molecule has 1 aromatic heterocycles. The van der Waals surface area contributed by atoms with Crippen molar-refractivity contribution in [2.75, 3.05) is 7.11 Å². The molecule has 0 bridgehead atoms. The van der Waals surface area contributed by atoms with Gasteiger partial charge in [-0.15, -0.1) is 0 Å². The van der Waals surface area contributed by atoms with Gasteiger partial charge in [-0.25, -0.2) is 4.79 Å². The molecular formula is C23H22O3S. The Labute approximate surface area is 163 Å². The first kappa shape index (κ1) is 18.9. The first-order valence-electron chi connectivity index (χ1n) is 8.71. The molecule has 0 fully saturated rings. The third kappa shape index (κ3) is 4.86. The molecule has 4 heteroatoms. The largest absolute Gasteiger partial charge is 0.479 e. The number of thiophene rings is 1. The van der Waals surface area contributed by atoms with E-state index in [9.17, 15) is 4.79 Å². The average Bonchev–Trinajstić information content (AvgIpc) is 3.12. The zero-order valence-electron chi connectivity index (χ0n) is 15.7. The fourth-order valence-electron chi connectivity index (χ4n) is 2.96. The molecule has 0 saturated heterocycles. The van der Waals surface area contributed by atoms with E-state index in [0.29, 0.717) is 6.61 Å². The predicted molar refractivity (Wildman–Crippen MR) is 111 cm³/mol. The normalized spacial score (nSPS) is 10.9. The van der Waals surface area contributed by atoms with Crippen LogP contribution in [0.2, 0.25) is 0 Å². The van der Waals surface area contributed by atoms with Gasteiger partial charge >= 0.3 is 5.97 Å². The van der Waals surface area contributed by atoms with E-state index in [0.717, 1.165) is 15.5 Å². The number of hydrogen-bond acceptors (Lipinski definition) is 4. The molecule has 0 aliphatic heterocycles. The van der Waals surface area contributed by atoms with Gasteiger partial charge in [-0.05, 0) is 65.9 Å². The van der Waals surface area contributed by atoms with Gasteiger partial charge in [-0.1, -0.05) is 47.7 Å². The molecule has 0 saturated carbocycles. The Morgan fingerprint density at radius 3 is 2.52 bits per heavy atom. The van der Waals surface area contributed by atoms with Crippen LogP contribution in [0.5, 0.6) is 5.06 Å². The molecule has 3 aromatic rings. The van der Waals surface area contributed by atoms with Crippen LogP contribution in [0.25, 0.3) is 17.2 Å². The number of esters is 1. The fourth-order valence-corrected chi connectivity index (χ4v) is 3.72. The molecule has 0 aliphatic carbocycles. The van der Waals surface area contributed by atoms with Crippen LogP contribution in [0.3, 0.4) is 0 Å². The van der Waals surface area contributed by atoms with Crippen molar-refractivity contribution >= 4 is 23.4 Å². The lowest BCUT2D eigenvalue weighted by Crippen LogP contribution is -1.95. The summed E-state index contributed by atoms with van der Waals surface area (Å²) in [6, 6.07) is 18.7. The molecule has 0 amide bonds. The number of carbonyl (C=O) groups is 1. The number of rotatable bonds is 6. The molecule has 1 heterocycles. The zero-order chi connectivity index (χ0) is 19.2. The Kier molecular flexibility index (Phi) is 6.09. The Balaban J connectivity index is 1.70. The topological polar surface area (TPSA) is 35.5 Å². The van der Waals surface area contributed by atoms with Crippen molar-refractivity contribution in [2.24, 2.45) is 0 Å². The van der Waals surface area contributed by atoms with Gasteiger partial charge in [0.1, 0.15) is 6.61 Å². The highest BCUT2D eigenvalue weighted by atomic mass is 32.1. The van der Waals surface area contributed by atoms with E-state index in [1.54, 1.807) is 6.08 Å². The Bertz CT molecular complexity index is 949. The quantitative estimate of drug-likeness (QED) is 0.402. The summed E-state index contributed by atoms with van der Waals surface area (Å²) in [5, 5.41) is 0.817. The first-order chi connectivity index (χ1) is 13.1. The highest BCUT2D eigenvalue weighted by molar-refractivity contribution is 7.14. The lowest BCUT2D eigenvalue weighted by atomic mass is 9.95. The maximum atomic E-state index is 11.2. The van der Waals surface area contributed by atoms with Crippen molar-refractivity contribution in [3.63, 3.8) is 0 Å². The molecule has 138 valence electrons. The van der Waals surface area contributed by atoms with Gasteiger partial charge < -0.3 is 9.47 Å². The smallest absolute Gasteiger partial charge is 0.330 e. The number of ether oxygens (including phenoxy) is 2. The van der Waals surface area contributed by atoms with Crippen LogP contribution in [0, 0.1) is 13.8 Å². The van der Waals surface area contributed by atoms with Gasteiger partial charge in [0.05, 0.1) is 7.11 Å². The van der Waals surface area contributed by atoms with Crippen LogP contribution in [-0.2, 0) is 16.1 Å². The molecule has 3 nitrogen and oxygen atoms in total. The van der Waals surface area contributed by atoms with Crippen LogP contribution >= 0.6 is 11.3 Å².